The van der Waals surface area contributed by atoms with E-state index in [4.69, 9.17) is 4.74 Å². The number of nitrogens with one attached hydrogen (secondary N) is 1. The molecular formula is C24H18FN5O3S. The molecule has 2 aromatic heterocycles. The number of aromatic nitrogens is 4. The van der Waals surface area contributed by atoms with Gasteiger partial charge in [-0.1, -0.05) is 42.1 Å². The van der Waals surface area contributed by atoms with Crippen LogP contribution < -0.4 is 15.6 Å². The lowest BCUT2D eigenvalue weighted by Crippen LogP contribution is -2.22. The van der Waals surface area contributed by atoms with Gasteiger partial charge in [-0.15, -0.1) is 10.2 Å². The molecule has 8 nitrogen and oxygen atoms in total. The number of amides is 1. The maximum Gasteiger partial charge on any atom is 0.267 e. The second-order valence-corrected chi connectivity index (χ2v) is 8.24. The van der Waals surface area contributed by atoms with Gasteiger partial charge >= 0.3 is 0 Å². The van der Waals surface area contributed by atoms with Crippen LogP contribution in [0, 0.1) is 5.82 Å². The molecule has 0 fully saturated rings. The van der Waals surface area contributed by atoms with Gasteiger partial charge in [0.15, 0.2) is 5.16 Å². The Morgan fingerprint density at radius 1 is 1.06 bits per heavy atom. The number of carbonyl (C=O) groups excluding carboxylic acids is 1. The number of halogens is 1. The van der Waals surface area contributed by atoms with E-state index in [9.17, 15) is 14.0 Å². The highest BCUT2D eigenvalue weighted by Gasteiger charge is 2.19. The molecule has 0 bridgehead atoms. The van der Waals surface area contributed by atoms with Crippen LogP contribution in [0.15, 0.2) is 82.7 Å². The van der Waals surface area contributed by atoms with Crippen molar-refractivity contribution < 1.29 is 13.9 Å². The Morgan fingerprint density at radius 2 is 1.85 bits per heavy atom. The summed E-state index contributed by atoms with van der Waals surface area (Å²) in [7, 11) is 1.55. The molecule has 34 heavy (non-hydrogen) atoms. The molecule has 0 spiro atoms. The lowest BCUT2D eigenvalue weighted by atomic mass is 10.2. The minimum atomic E-state index is -0.512. The van der Waals surface area contributed by atoms with Crippen molar-refractivity contribution in [2.75, 3.05) is 18.2 Å². The standard InChI is InChI=1S/C24H18FN5O3S/c1-33-16-8-6-7-15(13-16)29-22(32)17-9-2-5-12-20(17)30-23(29)27-28-24(30)34-14-21(31)26-19-11-4-3-10-18(19)25/h2-13H,14H2,1H3,(H,26,31). The Labute approximate surface area is 197 Å². The fourth-order valence-electron chi connectivity index (χ4n) is 3.63. The van der Waals surface area contributed by atoms with Crippen LogP contribution in [0.25, 0.3) is 22.4 Å². The molecule has 170 valence electrons. The summed E-state index contributed by atoms with van der Waals surface area (Å²) in [6.07, 6.45) is 0. The predicted molar refractivity (Wildman–Crippen MR) is 128 cm³/mol. The molecule has 1 N–H and O–H groups in total. The molecular weight excluding hydrogens is 457 g/mol. The third-order valence-electron chi connectivity index (χ3n) is 5.19. The number of anilines is 1. The van der Waals surface area contributed by atoms with E-state index in [1.807, 2.05) is 6.07 Å². The molecule has 0 aliphatic rings. The number of carbonyl (C=O) groups is 1. The Bertz CT molecular complexity index is 1600. The summed E-state index contributed by atoms with van der Waals surface area (Å²) >= 11 is 1.14. The van der Waals surface area contributed by atoms with Crippen molar-refractivity contribution in [3.8, 4) is 11.4 Å². The van der Waals surface area contributed by atoms with Crippen LogP contribution in [0.3, 0.4) is 0 Å². The summed E-state index contributed by atoms with van der Waals surface area (Å²) in [6.45, 7) is 0. The smallest absolute Gasteiger partial charge is 0.267 e. The number of thioether (sulfide) groups is 1. The highest BCUT2D eigenvalue weighted by Crippen LogP contribution is 2.24. The Balaban J connectivity index is 1.57. The molecule has 0 saturated heterocycles. The Hall–Kier alpha value is -4.18. The van der Waals surface area contributed by atoms with Crippen molar-refractivity contribution in [1.29, 1.82) is 0 Å². The van der Waals surface area contributed by atoms with Crippen LogP contribution in [0.2, 0.25) is 0 Å². The van der Waals surface area contributed by atoms with Crippen LogP contribution in [-0.2, 0) is 4.79 Å². The normalized spacial score (nSPS) is 11.1. The molecule has 0 aliphatic carbocycles. The number of ether oxygens (including phenoxy) is 1. The van der Waals surface area contributed by atoms with Gasteiger partial charge in [0, 0.05) is 6.07 Å². The van der Waals surface area contributed by atoms with Gasteiger partial charge in [-0.2, -0.15) is 0 Å². The third-order valence-corrected chi connectivity index (χ3v) is 6.12. The van der Waals surface area contributed by atoms with Crippen LogP contribution in [0.5, 0.6) is 5.75 Å². The summed E-state index contributed by atoms with van der Waals surface area (Å²) in [4.78, 5) is 25.8. The summed E-state index contributed by atoms with van der Waals surface area (Å²) in [5.41, 5.74) is 1.04. The predicted octanol–water partition coefficient (Wildman–Crippen LogP) is 3.91. The summed E-state index contributed by atoms with van der Waals surface area (Å²) in [5.74, 6) is -0.0372. The van der Waals surface area contributed by atoms with Crippen molar-refractivity contribution in [1.82, 2.24) is 19.2 Å². The third kappa shape index (κ3) is 3.88. The first-order valence-electron chi connectivity index (χ1n) is 10.3. The van der Waals surface area contributed by atoms with Crippen LogP contribution in [0.1, 0.15) is 0 Å². The molecule has 0 saturated carbocycles. The number of hydrogen-bond donors (Lipinski definition) is 1. The molecule has 10 heteroatoms. The van der Waals surface area contributed by atoms with E-state index in [2.05, 4.69) is 15.5 Å². The minimum Gasteiger partial charge on any atom is -0.497 e. The van der Waals surface area contributed by atoms with E-state index < -0.39 is 11.7 Å². The molecule has 1 amide bonds. The minimum absolute atomic E-state index is 0.0261. The molecule has 2 heterocycles. The van der Waals surface area contributed by atoms with Crippen molar-refractivity contribution in [3.63, 3.8) is 0 Å². The van der Waals surface area contributed by atoms with Crippen molar-refractivity contribution >= 4 is 40.0 Å². The SMILES string of the molecule is COc1cccc(-n2c(=O)c3ccccc3n3c(SCC(=O)Nc4ccccc4F)nnc23)c1. The van der Waals surface area contributed by atoms with Crippen LogP contribution in [0.4, 0.5) is 10.1 Å². The molecule has 0 atom stereocenters. The zero-order chi connectivity index (χ0) is 23.7. The zero-order valence-corrected chi connectivity index (χ0v) is 18.8. The van der Waals surface area contributed by atoms with Gasteiger partial charge in [0.1, 0.15) is 11.6 Å². The number of fused-ring (bicyclic) bond motifs is 3. The number of nitrogens with zero attached hydrogens (tertiary/aromatic N) is 4. The average Bonchev–Trinajstić information content (AvgIpc) is 3.28. The summed E-state index contributed by atoms with van der Waals surface area (Å²) in [5, 5.41) is 11.9. The number of para-hydroxylation sites is 2. The van der Waals surface area contributed by atoms with Gasteiger partial charge in [-0.05, 0) is 36.4 Å². The summed E-state index contributed by atoms with van der Waals surface area (Å²) in [6, 6.07) is 20.2. The van der Waals surface area contributed by atoms with E-state index in [1.54, 1.807) is 66.1 Å². The van der Waals surface area contributed by atoms with E-state index >= 15 is 0 Å². The van der Waals surface area contributed by atoms with Crippen molar-refractivity contribution in [2.45, 2.75) is 5.16 Å². The second kappa shape index (κ2) is 8.99. The summed E-state index contributed by atoms with van der Waals surface area (Å²) < 4.78 is 22.4. The highest BCUT2D eigenvalue weighted by atomic mass is 32.2. The van der Waals surface area contributed by atoms with Crippen LogP contribution >= 0.6 is 11.8 Å². The van der Waals surface area contributed by atoms with Crippen LogP contribution in [-0.4, -0.2) is 37.9 Å². The van der Waals surface area contributed by atoms with E-state index in [-0.39, 0.29) is 17.0 Å². The molecule has 5 aromatic rings. The van der Waals surface area contributed by atoms with Crippen molar-refractivity contribution in [2.24, 2.45) is 0 Å². The molecule has 0 unspecified atom stereocenters. The van der Waals surface area contributed by atoms with E-state index in [1.165, 1.54) is 16.7 Å². The molecule has 3 aromatic carbocycles. The first-order chi connectivity index (χ1) is 16.6. The first kappa shape index (κ1) is 21.7. The average molecular weight is 476 g/mol. The van der Waals surface area contributed by atoms with Gasteiger partial charge in [0.05, 0.1) is 35.1 Å². The zero-order valence-electron chi connectivity index (χ0n) is 17.9. The monoisotopic (exact) mass is 475 g/mol. The maximum absolute atomic E-state index is 13.9. The van der Waals surface area contributed by atoms with E-state index in [0.717, 1.165) is 11.8 Å². The lowest BCUT2D eigenvalue weighted by molar-refractivity contribution is -0.113. The first-order valence-corrected chi connectivity index (χ1v) is 11.3. The fraction of sp³-hybridized carbons (Fsp3) is 0.0833. The quantitative estimate of drug-likeness (QED) is 0.375. The van der Waals surface area contributed by atoms with Gasteiger partial charge in [-0.3, -0.25) is 14.0 Å². The number of methoxy groups -OCH3 is 1. The van der Waals surface area contributed by atoms with Gasteiger partial charge in [0.25, 0.3) is 5.56 Å². The second-order valence-electron chi connectivity index (χ2n) is 7.29. The Kier molecular flexibility index (Phi) is 5.72. The van der Waals surface area contributed by atoms with Crippen molar-refractivity contribution in [3.05, 3.63) is 89.0 Å². The highest BCUT2D eigenvalue weighted by molar-refractivity contribution is 7.99. The van der Waals surface area contributed by atoms with Gasteiger partial charge in [0.2, 0.25) is 11.7 Å². The fourth-order valence-corrected chi connectivity index (χ4v) is 4.37. The molecule has 0 radical (unpaired) electrons. The lowest BCUT2D eigenvalue weighted by Gasteiger charge is -2.12. The number of rotatable bonds is 6. The van der Waals surface area contributed by atoms with Gasteiger partial charge in [-0.25, -0.2) is 8.96 Å². The van der Waals surface area contributed by atoms with Gasteiger partial charge < -0.3 is 10.1 Å². The number of benzene rings is 3. The molecule has 5 rings (SSSR count). The Morgan fingerprint density at radius 3 is 2.68 bits per heavy atom. The largest absolute Gasteiger partial charge is 0.497 e. The van der Waals surface area contributed by atoms with E-state index in [0.29, 0.717) is 33.3 Å². The molecule has 0 aliphatic heterocycles. The number of hydrogen-bond acceptors (Lipinski definition) is 6. The topological polar surface area (TPSA) is 90.5 Å². The maximum atomic E-state index is 13.9.